The number of rotatable bonds is 3. The number of nitrogens with one attached hydrogen (secondary N) is 1. The molecule has 1 amide bonds. The summed E-state index contributed by atoms with van der Waals surface area (Å²) in [6.45, 7) is 0. The number of anilines is 1. The van der Waals surface area contributed by atoms with Gasteiger partial charge in [-0.3, -0.25) is 4.79 Å². The monoisotopic (exact) mass is 368 g/mol. The van der Waals surface area contributed by atoms with Crippen LogP contribution in [0, 0.1) is 0 Å². The van der Waals surface area contributed by atoms with Gasteiger partial charge in [-0.2, -0.15) is 5.10 Å². The molecular formula is C17H13BrN4O. The molecule has 0 spiro atoms. The maximum absolute atomic E-state index is 12.3. The van der Waals surface area contributed by atoms with Gasteiger partial charge in [-0.05, 0) is 62.6 Å². The Hall–Kier alpha value is -2.73. The summed E-state index contributed by atoms with van der Waals surface area (Å²) in [5.41, 5.74) is 1.48. The summed E-state index contributed by atoms with van der Waals surface area (Å²) in [7, 11) is 0. The molecule has 0 aliphatic heterocycles. The van der Waals surface area contributed by atoms with E-state index in [0.29, 0.717) is 11.4 Å². The van der Waals surface area contributed by atoms with E-state index in [4.69, 9.17) is 5.84 Å². The van der Waals surface area contributed by atoms with Crippen LogP contribution in [0.15, 0.2) is 64.3 Å². The van der Waals surface area contributed by atoms with Crippen molar-refractivity contribution in [3.63, 3.8) is 0 Å². The SMILES string of the molecule is NN=Cc1ccc2cc(C(=O)Nc3ccc(Br)cn3)ccc2c1. The molecule has 0 saturated carbocycles. The molecule has 1 heterocycles. The van der Waals surface area contributed by atoms with E-state index in [1.54, 1.807) is 24.5 Å². The van der Waals surface area contributed by atoms with Crippen LogP contribution in [0.25, 0.3) is 10.8 Å². The normalized spacial score (nSPS) is 11.0. The van der Waals surface area contributed by atoms with Gasteiger partial charge in [-0.25, -0.2) is 4.98 Å². The summed E-state index contributed by atoms with van der Waals surface area (Å²) in [4.78, 5) is 16.4. The van der Waals surface area contributed by atoms with Crippen molar-refractivity contribution >= 4 is 44.6 Å². The van der Waals surface area contributed by atoms with Crippen molar-refractivity contribution in [1.29, 1.82) is 0 Å². The van der Waals surface area contributed by atoms with E-state index >= 15 is 0 Å². The van der Waals surface area contributed by atoms with E-state index in [1.807, 2.05) is 36.4 Å². The Labute approximate surface area is 141 Å². The van der Waals surface area contributed by atoms with Crippen molar-refractivity contribution in [2.45, 2.75) is 0 Å². The molecule has 0 fully saturated rings. The molecular weight excluding hydrogens is 356 g/mol. The number of hydrazone groups is 1. The fourth-order valence-corrected chi connectivity index (χ4v) is 2.44. The molecule has 3 rings (SSSR count). The number of amides is 1. The maximum atomic E-state index is 12.3. The van der Waals surface area contributed by atoms with Crippen LogP contribution < -0.4 is 11.2 Å². The third-order valence-electron chi connectivity index (χ3n) is 3.32. The van der Waals surface area contributed by atoms with Gasteiger partial charge in [0, 0.05) is 16.2 Å². The van der Waals surface area contributed by atoms with Gasteiger partial charge in [0.15, 0.2) is 0 Å². The second kappa shape index (κ2) is 6.58. The third kappa shape index (κ3) is 3.54. The van der Waals surface area contributed by atoms with Crippen molar-refractivity contribution in [3.05, 3.63) is 70.3 Å². The van der Waals surface area contributed by atoms with Crippen molar-refractivity contribution < 1.29 is 4.79 Å². The zero-order valence-corrected chi connectivity index (χ0v) is 13.6. The lowest BCUT2D eigenvalue weighted by Crippen LogP contribution is -2.12. The Morgan fingerprint density at radius 3 is 2.65 bits per heavy atom. The number of aromatic nitrogens is 1. The van der Waals surface area contributed by atoms with Crippen molar-refractivity contribution in [2.24, 2.45) is 10.9 Å². The van der Waals surface area contributed by atoms with Crippen molar-refractivity contribution in [2.75, 3.05) is 5.32 Å². The van der Waals surface area contributed by atoms with E-state index < -0.39 is 0 Å². The average Bonchev–Trinajstić information content (AvgIpc) is 2.56. The number of pyridine rings is 1. The molecule has 3 aromatic rings. The van der Waals surface area contributed by atoms with Crippen LogP contribution in [-0.2, 0) is 0 Å². The number of fused-ring (bicyclic) bond motifs is 1. The van der Waals surface area contributed by atoms with Crippen LogP contribution in [0.2, 0.25) is 0 Å². The lowest BCUT2D eigenvalue weighted by molar-refractivity contribution is 0.102. The van der Waals surface area contributed by atoms with Crippen molar-refractivity contribution in [3.8, 4) is 0 Å². The summed E-state index contributed by atoms with van der Waals surface area (Å²) in [6, 6.07) is 14.9. The number of halogens is 1. The predicted octanol–water partition coefficient (Wildman–Crippen LogP) is 3.54. The number of hydrogen-bond acceptors (Lipinski definition) is 4. The van der Waals surface area contributed by atoms with Crippen LogP contribution in [0.3, 0.4) is 0 Å². The number of benzene rings is 2. The molecule has 114 valence electrons. The van der Waals surface area contributed by atoms with Gasteiger partial charge >= 0.3 is 0 Å². The second-order valence-corrected chi connectivity index (χ2v) is 5.83. The first-order chi connectivity index (χ1) is 11.2. The van der Waals surface area contributed by atoms with Crippen LogP contribution in [0.4, 0.5) is 5.82 Å². The molecule has 0 bridgehead atoms. The first-order valence-corrected chi connectivity index (χ1v) is 7.65. The minimum Gasteiger partial charge on any atom is -0.323 e. The smallest absolute Gasteiger partial charge is 0.256 e. The zero-order valence-electron chi connectivity index (χ0n) is 12.0. The summed E-state index contributed by atoms with van der Waals surface area (Å²) >= 11 is 3.31. The van der Waals surface area contributed by atoms with E-state index in [0.717, 1.165) is 20.8 Å². The highest BCUT2D eigenvalue weighted by Gasteiger charge is 2.08. The number of carbonyl (C=O) groups excluding carboxylic acids is 1. The Morgan fingerprint density at radius 2 is 1.91 bits per heavy atom. The molecule has 2 aromatic carbocycles. The molecule has 3 N–H and O–H groups in total. The van der Waals surface area contributed by atoms with Crippen LogP contribution >= 0.6 is 15.9 Å². The summed E-state index contributed by atoms with van der Waals surface area (Å²) in [6.07, 6.45) is 3.22. The molecule has 1 aromatic heterocycles. The van der Waals surface area contributed by atoms with E-state index in [1.165, 1.54) is 0 Å². The van der Waals surface area contributed by atoms with Crippen molar-refractivity contribution in [1.82, 2.24) is 4.98 Å². The number of carbonyl (C=O) groups is 1. The largest absolute Gasteiger partial charge is 0.323 e. The van der Waals surface area contributed by atoms with Gasteiger partial charge in [-0.1, -0.05) is 18.2 Å². The molecule has 23 heavy (non-hydrogen) atoms. The lowest BCUT2D eigenvalue weighted by Gasteiger charge is -2.06. The van der Waals surface area contributed by atoms with Gasteiger partial charge in [0.25, 0.3) is 5.91 Å². The quantitative estimate of drug-likeness (QED) is 0.421. The topological polar surface area (TPSA) is 80.4 Å². The zero-order chi connectivity index (χ0) is 16.2. The molecule has 0 aliphatic rings. The van der Waals surface area contributed by atoms with Gasteiger partial charge in [-0.15, -0.1) is 0 Å². The molecule has 0 aliphatic carbocycles. The summed E-state index contributed by atoms with van der Waals surface area (Å²) < 4.78 is 0.859. The number of nitrogens with zero attached hydrogens (tertiary/aromatic N) is 2. The summed E-state index contributed by atoms with van der Waals surface area (Å²) in [5, 5.41) is 8.27. The van der Waals surface area contributed by atoms with E-state index in [-0.39, 0.29) is 5.91 Å². The fraction of sp³-hybridized carbons (Fsp3) is 0. The molecule has 5 nitrogen and oxygen atoms in total. The first kappa shape index (κ1) is 15.2. The maximum Gasteiger partial charge on any atom is 0.256 e. The first-order valence-electron chi connectivity index (χ1n) is 6.86. The Bertz CT molecular complexity index is 891. The van der Waals surface area contributed by atoms with E-state index in [9.17, 15) is 4.79 Å². The van der Waals surface area contributed by atoms with Crippen LogP contribution in [0.1, 0.15) is 15.9 Å². The Kier molecular flexibility index (Phi) is 4.34. The van der Waals surface area contributed by atoms with Crippen LogP contribution in [-0.4, -0.2) is 17.1 Å². The van der Waals surface area contributed by atoms with Gasteiger partial charge in [0.1, 0.15) is 5.82 Å². The van der Waals surface area contributed by atoms with Crippen LogP contribution in [0.5, 0.6) is 0 Å². The highest BCUT2D eigenvalue weighted by Crippen LogP contribution is 2.18. The molecule has 0 radical (unpaired) electrons. The van der Waals surface area contributed by atoms with Gasteiger partial charge in [0.2, 0.25) is 0 Å². The summed E-state index contributed by atoms with van der Waals surface area (Å²) in [5.74, 6) is 5.47. The number of nitrogens with two attached hydrogens (primary N) is 1. The molecule has 0 atom stereocenters. The highest BCUT2D eigenvalue weighted by atomic mass is 79.9. The fourth-order valence-electron chi connectivity index (χ4n) is 2.21. The Balaban J connectivity index is 1.86. The predicted molar refractivity (Wildman–Crippen MR) is 95.6 cm³/mol. The lowest BCUT2D eigenvalue weighted by atomic mass is 10.0. The molecule has 0 unspecified atom stereocenters. The third-order valence-corrected chi connectivity index (χ3v) is 3.79. The van der Waals surface area contributed by atoms with Gasteiger partial charge in [0.05, 0.1) is 6.21 Å². The molecule has 0 saturated heterocycles. The minimum absolute atomic E-state index is 0.200. The Morgan fingerprint density at radius 1 is 1.13 bits per heavy atom. The highest BCUT2D eigenvalue weighted by molar-refractivity contribution is 9.10. The second-order valence-electron chi connectivity index (χ2n) is 4.92. The van der Waals surface area contributed by atoms with E-state index in [2.05, 4.69) is 31.3 Å². The average molecular weight is 369 g/mol. The standard InChI is InChI=1S/C17H13BrN4O/c18-15-5-6-16(20-10-15)22-17(23)14-4-3-12-7-11(9-21-19)1-2-13(12)8-14/h1-10H,19H2,(H,20,22,23). The van der Waals surface area contributed by atoms with Gasteiger partial charge < -0.3 is 11.2 Å². The molecule has 6 heteroatoms. The number of hydrogen-bond donors (Lipinski definition) is 2. The minimum atomic E-state index is -0.200.